The topological polar surface area (TPSA) is 92.9 Å². The second kappa shape index (κ2) is 11.3. The fourth-order valence-corrected chi connectivity index (χ4v) is 5.80. The summed E-state index contributed by atoms with van der Waals surface area (Å²) in [6.07, 6.45) is 1.89. The largest absolute Gasteiger partial charge is 0.454 e. The number of thiophene rings is 1. The first-order chi connectivity index (χ1) is 19.2. The van der Waals surface area contributed by atoms with Gasteiger partial charge in [-0.1, -0.05) is 42.5 Å². The second-order valence-corrected chi connectivity index (χ2v) is 10.5. The van der Waals surface area contributed by atoms with Crippen LogP contribution in [0.3, 0.4) is 0 Å². The number of amides is 2. The van der Waals surface area contributed by atoms with Crippen molar-refractivity contribution in [1.82, 2.24) is 15.2 Å². The quantitative estimate of drug-likeness (QED) is 0.305. The van der Waals surface area contributed by atoms with Crippen LogP contribution in [0.2, 0.25) is 0 Å². The molecule has 6 rings (SSSR count). The van der Waals surface area contributed by atoms with Gasteiger partial charge in [-0.15, -0.1) is 11.3 Å². The molecule has 2 amide bonds. The minimum Gasteiger partial charge on any atom is -0.454 e. The van der Waals surface area contributed by atoms with Crippen molar-refractivity contribution in [1.29, 1.82) is 0 Å². The molecule has 8 nitrogen and oxygen atoms in total. The molecule has 2 aromatic heterocycles. The van der Waals surface area contributed by atoms with E-state index in [1.54, 1.807) is 11.0 Å². The number of fused-ring (bicyclic) bond motifs is 1. The highest BCUT2D eigenvalue weighted by Crippen LogP contribution is 2.35. The van der Waals surface area contributed by atoms with E-state index in [-0.39, 0.29) is 31.3 Å². The molecule has 1 fully saturated rings. The number of carbonyl (C=O) groups excluding carboxylic acids is 2. The number of hydrogen-bond acceptors (Lipinski definition) is 6. The van der Waals surface area contributed by atoms with Crippen LogP contribution in [0, 0.1) is 0 Å². The fraction of sp³-hybridized carbons (Fsp3) is 0.267. The Labute approximate surface area is 230 Å². The highest BCUT2D eigenvalue weighted by Gasteiger charge is 2.34. The fourth-order valence-electron chi connectivity index (χ4n) is 4.96. The van der Waals surface area contributed by atoms with Gasteiger partial charge in [-0.05, 0) is 59.7 Å². The van der Waals surface area contributed by atoms with Crippen molar-refractivity contribution >= 4 is 23.2 Å². The number of rotatable bonds is 9. The van der Waals surface area contributed by atoms with Crippen molar-refractivity contribution in [3.05, 3.63) is 94.3 Å². The number of benzene rings is 2. The first kappa shape index (κ1) is 25.2. The predicted octanol–water partition coefficient (Wildman–Crippen LogP) is 5.15. The van der Waals surface area contributed by atoms with E-state index in [1.165, 1.54) is 11.3 Å². The summed E-state index contributed by atoms with van der Waals surface area (Å²) >= 11 is 1.45. The third kappa shape index (κ3) is 5.55. The Morgan fingerprint density at radius 1 is 1.03 bits per heavy atom. The van der Waals surface area contributed by atoms with E-state index >= 15 is 0 Å². The Morgan fingerprint density at radius 2 is 1.90 bits per heavy atom. The lowest BCUT2D eigenvalue weighted by atomic mass is 10.1. The van der Waals surface area contributed by atoms with Gasteiger partial charge in [0.1, 0.15) is 11.7 Å². The van der Waals surface area contributed by atoms with Gasteiger partial charge in [-0.25, -0.2) is 0 Å². The predicted molar refractivity (Wildman–Crippen MR) is 148 cm³/mol. The summed E-state index contributed by atoms with van der Waals surface area (Å²) in [4.78, 5) is 33.6. The van der Waals surface area contributed by atoms with Gasteiger partial charge in [-0.3, -0.25) is 9.59 Å². The third-order valence-corrected chi connectivity index (χ3v) is 7.88. The summed E-state index contributed by atoms with van der Waals surface area (Å²) < 4.78 is 16.7. The molecule has 2 aliphatic heterocycles. The first-order valence-electron chi connectivity index (χ1n) is 13.0. The standard InChI is InChI=1S/C30H29N3O5S/c34-29(31-17-22-8-4-14-36-22)28(27-9-5-15-39-27)33(18-20-10-13-25-26(16-20)38-19-37-25)30(35)24-12-11-23(32-24)21-6-2-1-3-7-21/h1-3,5-7,9-13,15-16,22,28,32H,4,8,14,17-19H2,(H,31,34)/t22-,28-/m1/s1. The zero-order valence-electron chi connectivity index (χ0n) is 21.3. The lowest BCUT2D eigenvalue weighted by molar-refractivity contribution is -0.126. The third-order valence-electron chi connectivity index (χ3n) is 6.95. The van der Waals surface area contributed by atoms with Gasteiger partial charge in [0.05, 0.1) is 6.10 Å². The van der Waals surface area contributed by atoms with Crippen LogP contribution in [-0.4, -0.2) is 47.7 Å². The van der Waals surface area contributed by atoms with E-state index in [1.807, 2.05) is 72.1 Å². The maximum atomic E-state index is 14.2. The molecule has 2 atom stereocenters. The SMILES string of the molecule is O=C(NC[C@H]1CCCO1)[C@@H](c1cccs1)N(Cc1ccc2c(c1)OCO2)C(=O)c1ccc(-c2ccccc2)[nH]1. The Kier molecular flexibility index (Phi) is 7.33. The first-order valence-corrected chi connectivity index (χ1v) is 13.9. The van der Waals surface area contributed by atoms with Crippen molar-refractivity contribution in [2.75, 3.05) is 19.9 Å². The summed E-state index contributed by atoms with van der Waals surface area (Å²) in [6.45, 7) is 1.48. The Balaban J connectivity index is 1.34. The summed E-state index contributed by atoms with van der Waals surface area (Å²) in [7, 11) is 0. The summed E-state index contributed by atoms with van der Waals surface area (Å²) in [5.74, 6) is 0.775. The Hall–Kier alpha value is -4.08. The molecule has 0 unspecified atom stereocenters. The van der Waals surface area contributed by atoms with E-state index in [0.717, 1.165) is 34.5 Å². The molecule has 0 aliphatic carbocycles. The molecule has 4 heterocycles. The lowest BCUT2D eigenvalue weighted by Gasteiger charge is -2.30. The maximum absolute atomic E-state index is 14.2. The average Bonchev–Trinajstić information content (AvgIpc) is 3.79. The lowest BCUT2D eigenvalue weighted by Crippen LogP contribution is -2.44. The number of H-pyrrole nitrogens is 1. The number of hydrogen-bond donors (Lipinski definition) is 2. The second-order valence-electron chi connectivity index (χ2n) is 9.57. The number of nitrogens with one attached hydrogen (secondary N) is 2. The molecule has 1 saturated heterocycles. The zero-order valence-corrected chi connectivity index (χ0v) is 22.1. The van der Waals surface area contributed by atoms with E-state index in [9.17, 15) is 9.59 Å². The Bertz CT molecular complexity index is 1430. The molecule has 0 saturated carbocycles. The molecular weight excluding hydrogens is 514 g/mol. The van der Waals surface area contributed by atoms with E-state index in [0.29, 0.717) is 30.3 Å². The molecule has 2 aromatic carbocycles. The zero-order chi connectivity index (χ0) is 26.6. The highest BCUT2D eigenvalue weighted by molar-refractivity contribution is 7.10. The smallest absolute Gasteiger partial charge is 0.271 e. The molecule has 0 bridgehead atoms. The van der Waals surface area contributed by atoms with Crippen LogP contribution in [0.15, 0.2) is 78.2 Å². The molecule has 200 valence electrons. The van der Waals surface area contributed by atoms with Crippen molar-refractivity contribution in [3.8, 4) is 22.8 Å². The van der Waals surface area contributed by atoms with Gasteiger partial charge in [0.2, 0.25) is 12.7 Å². The highest BCUT2D eigenvalue weighted by atomic mass is 32.1. The summed E-state index contributed by atoms with van der Waals surface area (Å²) in [5, 5.41) is 4.97. The van der Waals surface area contributed by atoms with Crippen LogP contribution in [-0.2, 0) is 16.1 Å². The molecular formula is C30H29N3O5S. The number of aromatic amines is 1. The molecule has 9 heteroatoms. The van der Waals surface area contributed by atoms with Crippen molar-refractivity contribution < 1.29 is 23.8 Å². The molecule has 39 heavy (non-hydrogen) atoms. The van der Waals surface area contributed by atoms with Gasteiger partial charge >= 0.3 is 0 Å². The summed E-state index contributed by atoms with van der Waals surface area (Å²) in [5.41, 5.74) is 3.04. The van der Waals surface area contributed by atoms with Crippen LogP contribution in [0.1, 0.15) is 39.8 Å². The molecule has 0 spiro atoms. The van der Waals surface area contributed by atoms with Crippen LogP contribution >= 0.6 is 11.3 Å². The summed E-state index contributed by atoms with van der Waals surface area (Å²) in [6, 6.07) is 22.0. The minimum absolute atomic E-state index is 0.00668. The van der Waals surface area contributed by atoms with E-state index in [2.05, 4.69) is 10.3 Å². The van der Waals surface area contributed by atoms with Crippen LogP contribution in [0.5, 0.6) is 11.5 Å². The van der Waals surface area contributed by atoms with E-state index < -0.39 is 6.04 Å². The van der Waals surface area contributed by atoms with Gasteiger partial charge in [0.25, 0.3) is 5.91 Å². The molecule has 2 aliphatic rings. The van der Waals surface area contributed by atoms with Crippen molar-refractivity contribution in [3.63, 3.8) is 0 Å². The molecule has 4 aromatic rings. The van der Waals surface area contributed by atoms with Gasteiger partial charge in [0, 0.05) is 30.3 Å². The normalized spacial score (nSPS) is 16.7. The van der Waals surface area contributed by atoms with Gasteiger partial charge in [-0.2, -0.15) is 0 Å². The van der Waals surface area contributed by atoms with Crippen LogP contribution < -0.4 is 14.8 Å². The number of nitrogens with zero attached hydrogens (tertiary/aromatic N) is 1. The number of ether oxygens (including phenoxy) is 3. The van der Waals surface area contributed by atoms with Crippen LogP contribution in [0.4, 0.5) is 0 Å². The van der Waals surface area contributed by atoms with Gasteiger partial charge in [0.15, 0.2) is 11.5 Å². The number of carbonyl (C=O) groups is 2. The molecule has 0 radical (unpaired) electrons. The molecule has 2 N–H and O–H groups in total. The van der Waals surface area contributed by atoms with E-state index in [4.69, 9.17) is 14.2 Å². The van der Waals surface area contributed by atoms with Crippen molar-refractivity contribution in [2.45, 2.75) is 31.5 Å². The maximum Gasteiger partial charge on any atom is 0.271 e. The minimum atomic E-state index is -0.826. The number of aromatic nitrogens is 1. The van der Waals surface area contributed by atoms with Crippen molar-refractivity contribution in [2.24, 2.45) is 0 Å². The van der Waals surface area contributed by atoms with Crippen LogP contribution in [0.25, 0.3) is 11.3 Å². The Morgan fingerprint density at radius 3 is 2.69 bits per heavy atom. The van der Waals surface area contributed by atoms with Gasteiger partial charge < -0.3 is 29.4 Å². The monoisotopic (exact) mass is 543 g/mol. The average molecular weight is 544 g/mol.